The molecule has 0 spiro atoms. The summed E-state index contributed by atoms with van der Waals surface area (Å²) in [5.74, 6) is 1.93. The van der Waals surface area contributed by atoms with E-state index in [1.54, 1.807) is 30.8 Å². The molecule has 0 unspecified atom stereocenters. The summed E-state index contributed by atoms with van der Waals surface area (Å²) in [7, 11) is 1.78. The van der Waals surface area contributed by atoms with E-state index >= 15 is 0 Å². The molecular formula is C22H29N7O3S. The van der Waals surface area contributed by atoms with Crippen molar-refractivity contribution < 1.29 is 14.3 Å². The van der Waals surface area contributed by atoms with Crippen LogP contribution in [0.25, 0.3) is 21.6 Å². The van der Waals surface area contributed by atoms with Gasteiger partial charge in [0.15, 0.2) is 11.6 Å². The van der Waals surface area contributed by atoms with Gasteiger partial charge in [0.05, 0.1) is 40.6 Å². The largest absolute Gasteiger partial charge is 0.466 e. The molecule has 176 valence electrons. The molecule has 3 aromatic rings. The Morgan fingerprint density at radius 1 is 1.21 bits per heavy atom. The molecule has 0 aromatic carbocycles. The van der Waals surface area contributed by atoms with Gasteiger partial charge < -0.3 is 25.0 Å². The van der Waals surface area contributed by atoms with E-state index in [1.165, 1.54) is 0 Å². The number of nitrogens with zero attached hydrogens (tertiary/aromatic N) is 5. The molecule has 1 saturated heterocycles. The normalized spacial score (nSPS) is 13.8. The maximum atomic E-state index is 11.5. The van der Waals surface area contributed by atoms with Crippen LogP contribution in [0.15, 0.2) is 18.5 Å². The van der Waals surface area contributed by atoms with Gasteiger partial charge in [0.2, 0.25) is 5.95 Å². The van der Waals surface area contributed by atoms with E-state index < -0.39 is 0 Å². The number of esters is 1. The molecule has 4 heterocycles. The van der Waals surface area contributed by atoms with Gasteiger partial charge in [-0.3, -0.25) is 4.79 Å². The summed E-state index contributed by atoms with van der Waals surface area (Å²) in [6.45, 7) is 5.96. The molecule has 11 heteroatoms. The smallest absolute Gasteiger partial charge is 0.305 e. The number of nitrogens with one attached hydrogen (secondary N) is 2. The number of carbonyl (C=O) groups is 1. The van der Waals surface area contributed by atoms with Crippen LogP contribution in [-0.4, -0.2) is 72.4 Å². The number of hydrogen-bond donors (Lipinski definition) is 2. The number of carbonyl (C=O) groups excluding carboxylic acids is 1. The molecule has 1 aliphatic rings. The molecule has 1 aliphatic heterocycles. The van der Waals surface area contributed by atoms with Crippen molar-refractivity contribution in [2.45, 2.75) is 26.2 Å². The van der Waals surface area contributed by atoms with Crippen LogP contribution in [-0.2, 0) is 14.3 Å². The van der Waals surface area contributed by atoms with Crippen molar-refractivity contribution in [3.05, 3.63) is 18.5 Å². The van der Waals surface area contributed by atoms with Gasteiger partial charge in [-0.25, -0.2) is 19.9 Å². The SMILES string of the molecule is CCOC(=O)CCCCNc1cc2nc(-c3cnc(NC)nc3)nc(N3CCOCC3)c2s1. The summed E-state index contributed by atoms with van der Waals surface area (Å²) in [5.41, 5.74) is 1.66. The Balaban J connectivity index is 1.53. The Hall–Kier alpha value is -3.05. The molecule has 0 aliphatic carbocycles. The molecule has 2 N–H and O–H groups in total. The number of aromatic nitrogens is 4. The Morgan fingerprint density at radius 3 is 2.73 bits per heavy atom. The lowest BCUT2D eigenvalue weighted by molar-refractivity contribution is -0.143. The monoisotopic (exact) mass is 471 g/mol. The van der Waals surface area contributed by atoms with E-state index in [4.69, 9.17) is 19.4 Å². The molecule has 4 rings (SSSR count). The lowest BCUT2D eigenvalue weighted by atomic mass is 10.2. The quantitative estimate of drug-likeness (QED) is 0.337. The number of unbranched alkanes of at least 4 members (excludes halogenated alkanes) is 1. The van der Waals surface area contributed by atoms with Crippen molar-refractivity contribution >= 4 is 44.3 Å². The average Bonchev–Trinajstić information content (AvgIpc) is 3.27. The first-order valence-electron chi connectivity index (χ1n) is 11.2. The molecule has 0 radical (unpaired) electrons. The Bertz CT molecular complexity index is 1070. The predicted octanol–water partition coefficient (Wildman–Crippen LogP) is 3.17. The highest BCUT2D eigenvalue weighted by atomic mass is 32.1. The molecule has 33 heavy (non-hydrogen) atoms. The van der Waals surface area contributed by atoms with Crippen molar-refractivity contribution in [2.75, 3.05) is 62.0 Å². The van der Waals surface area contributed by atoms with Crippen molar-refractivity contribution in [3.8, 4) is 11.4 Å². The van der Waals surface area contributed by atoms with E-state index in [-0.39, 0.29) is 5.97 Å². The van der Waals surface area contributed by atoms with Crippen molar-refractivity contribution in [2.24, 2.45) is 0 Å². The van der Waals surface area contributed by atoms with E-state index in [2.05, 4.69) is 31.6 Å². The van der Waals surface area contributed by atoms with Crippen molar-refractivity contribution in [3.63, 3.8) is 0 Å². The maximum absolute atomic E-state index is 11.5. The Labute approximate surface area is 196 Å². The highest BCUT2D eigenvalue weighted by molar-refractivity contribution is 7.23. The second kappa shape index (κ2) is 11.2. The molecule has 0 saturated carbocycles. The fourth-order valence-electron chi connectivity index (χ4n) is 3.53. The first-order valence-corrected chi connectivity index (χ1v) is 12.0. The third kappa shape index (κ3) is 5.85. The zero-order chi connectivity index (χ0) is 23.0. The van der Waals surface area contributed by atoms with Crippen LogP contribution in [0.1, 0.15) is 26.2 Å². The molecule has 0 bridgehead atoms. The highest BCUT2D eigenvalue weighted by Crippen LogP contribution is 2.36. The summed E-state index contributed by atoms with van der Waals surface area (Å²) in [6.07, 6.45) is 5.60. The van der Waals surface area contributed by atoms with Crippen molar-refractivity contribution in [1.82, 2.24) is 19.9 Å². The van der Waals surface area contributed by atoms with Crippen LogP contribution in [0, 0.1) is 0 Å². The van der Waals surface area contributed by atoms with Crippen molar-refractivity contribution in [1.29, 1.82) is 0 Å². The minimum Gasteiger partial charge on any atom is -0.466 e. The molecule has 0 atom stereocenters. The average molecular weight is 472 g/mol. The Kier molecular flexibility index (Phi) is 7.84. The van der Waals surface area contributed by atoms with Crippen LogP contribution in [0.5, 0.6) is 0 Å². The summed E-state index contributed by atoms with van der Waals surface area (Å²) >= 11 is 1.65. The van der Waals surface area contributed by atoms with Gasteiger partial charge in [0, 0.05) is 45.5 Å². The topological polar surface area (TPSA) is 114 Å². The fraction of sp³-hybridized carbons (Fsp3) is 0.500. The van der Waals surface area contributed by atoms with Crippen LogP contribution in [0.3, 0.4) is 0 Å². The first-order chi connectivity index (χ1) is 16.2. The highest BCUT2D eigenvalue weighted by Gasteiger charge is 2.20. The summed E-state index contributed by atoms with van der Waals surface area (Å²) in [5, 5.41) is 7.42. The standard InChI is InChI=1S/C22H29N7O3S/c1-3-32-18(30)6-4-5-7-24-17-12-16-19(33-17)21(29-8-10-31-11-9-29)28-20(27-16)15-13-25-22(23-2)26-14-15/h12-14,24H,3-11H2,1-2H3,(H,23,25,26). The summed E-state index contributed by atoms with van der Waals surface area (Å²) in [4.78, 5) is 32.0. The third-order valence-corrected chi connectivity index (χ3v) is 6.29. The van der Waals surface area contributed by atoms with Gasteiger partial charge >= 0.3 is 5.97 Å². The number of rotatable bonds is 10. The van der Waals surface area contributed by atoms with Gasteiger partial charge in [-0.05, 0) is 25.8 Å². The van der Waals surface area contributed by atoms with Crippen LogP contribution in [0.2, 0.25) is 0 Å². The lowest BCUT2D eigenvalue weighted by Gasteiger charge is -2.28. The van der Waals surface area contributed by atoms with E-state index in [0.717, 1.165) is 59.1 Å². The second-order valence-corrected chi connectivity index (χ2v) is 8.58. The van der Waals surface area contributed by atoms with Crippen LogP contribution < -0.4 is 15.5 Å². The maximum Gasteiger partial charge on any atom is 0.305 e. The Morgan fingerprint density at radius 2 is 2.00 bits per heavy atom. The number of hydrogen-bond acceptors (Lipinski definition) is 11. The van der Waals surface area contributed by atoms with E-state index in [9.17, 15) is 4.79 Å². The van der Waals surface area contributed by atoms with Gasteiger partial charge in [-0.1, -0.05) is 0 Å². The first kappa shape index (κ1) is 23.1. The second-order valence-electron chi connectivity index (χ2n) is 7.53. The minimum atomic E-state index is -0.135. The fourth-order valence-corrected chi connectivity index (χ4v) is 4.57. The van der Waals surface area contributed by atoms with Crippen LogP contribution >= 0.6 is 11.3 Å². The van der Waals surface area contributed by atoms with Crippen LogP contribution in [0.4, 0.5) is 16.8 Å². The summed E-state index contributed by atoms with van der Waals surface area (Å²) < 4.78 is 11.6. The number of ether oxygens (including phenoxy) is 2. The molecule has 3 aromatic heterocycles. The number of thiophene rings is 1. The van der Waals surface area contributed by atoms with Gasteiger partial charge in [-0.2, -0.15) is 0 Å². The van der Waals surface area contributed by atoms with E-state index in [1.807, 2.05) is 6.92 Å². The minimum absolute atomic E-state index is 0.135. The van der Waals surface area contributed by atoms with Gasteiger partial charge in [0.25, 0.3) is 0 Å². The zero-order valence-corrected chi connectivity index (χ0v) is 19.8. The summed E-state index contributed by atoms with van der Waals surface area (Å²) in [6, 6.07) is 2.06. The number of fused-ring (bicyclic) bond motifs is 1. The lowest BCUT2D eigenvalue weighted by Crippen LogP contribution is -2.36. The predicted molar refractivity (Wildman–Crippen MR) is 130 cm³/mol. The zero-order valence-electron chi connectivity index (χ0n) is 19.0. The van der Waals surface area contributed by atoms with Gasteiger partial charge in [0.1, 0.15) is 0 Å². The molecule has 1 fully saturated rings. The third-order valence-electron chi connectivity index (χ3n) is 5.21. The molecular weight excluding hydrogens is 442 g/mol. The van der Waals surface area contributed by atoms with E-state index in [0.29, 0.717) is 38.0 Å². The molecule has 10 nitrogen and oxygen atoms in total. The molecule has 0 amide bonds. The number of anilines is 3. The van der Waals surface area contributed by atoms with Gasteiger partial charge in [-0.15, -0.1) is 11.3 Å². The number of morpholine rings is 1.